The maximum absolute atomic E-state index is 13.1. The van der Waals surface area contributed by atoms with E-state index in [1.165, 1.54) is 6.42 Å². The Labute approximate surface area is 347 Å². The maximum Gasteiger partial charge on any atom is 0.410 e. The minimum atomic E-state index is -0.546. The second kappa shape index (κ2) is 17.8. The molecular weight excluding hydrogens is 775 g/mol. The van der Waals surface area contributed by atoms with E-state index in [1.54, 1.807) is 46.7 Å². The first-order chi connectivity index (χ1) is 27.9. The van der Waals surface area contributed by atoms with Gasteiger partial charge in [-0.15, -0.1) is 0 Å². The highest BCUT2D eigenvalue weighted by Crippen LogP contribution is 2.29. The molecule has 2 aliphatic heterocycles. The summed E-state index contributed by atoms with van der Waals surface area (Å²) in [6, 6.07) is 22.2. The number of rotatable bonds is 5. The van der Waals surface area contributed by atoms with Crippen molar-refractivity contribution in [1.29, 1.82) is 0 Å². The number of amides is 3. The van der Waals surface area contributed by atoms with Gasteiger partial charge in [-0.1, -0.05) is 53.9 Å². The molecule has 12 nitrogen and oxygen atoms in total. The van der Waals surface area contributed by atoms with Crippen LogP contribution in [0.1, 0.15) is 61.0 Å². The van der Waals surface area contributed by atoms with Gasteiger partial charge in [0.05, 0.1) is 11.0 Å². The lowest BCUT2D eigenvalue weighted by Gasteiger charge is -2.35. The molecular formula is C44H44Cl2N8O4. The molecule has 2 aromatic carbocycles. The topological polar surface area (TPSA) is 134 Å². The quantitative estimate of drug-likeness (QED) is 0.181. The van der Waals surface area contributed by atoms with Crippen molar-refractivity contribution in [3.05, 3.63) is 119 Å². The number of hydrogen-bond donors (Lipinski definition) is 1. The fraction of sp³-hybridized carbons (Fsp3) is 0.295. The number of pyridine rings is 4. The highest BCUT2D eigenvalue weighted by atomic mass is 35.5. The smallest absolute Gasteiger partial charge is 0.410 e. The summed E-state index contributed by atoms with van der Waals surface area (Å²) in [7, 11) is 0. The molecule has 0 bridgehead atoms. The van der Waals surface area contributed by atoms with Crippen LogP contribution in [0.4, 0.5) is 4.79 Å². The molecule has 6 aromatic rings. The summed E-state index contributed by atoms with van der Waals surface area (Å²) < 4.78 is 5.43. The number of ether oxygens (including phenoxy) is 1. The van der Waals surface area contributed by atoms with E-state index in [0.29, 0.717) is 53.1 Å². The van der Waals surface area contributed by atoms with Crippen molar-refractivity contribution in [3.63, 3.8) is 0 Å². The van der Waals surface area contributed by atoms with Crippen LogP contribution in [0.25, 0.3) is 44.1 Å². The molecule has 0 radical (unpaired) electrons. The zero-order chi connectivity index (χ0) is 40.8. The van der Waals surface area contributed by atoms with Crippen molar-refractivity contribution in [1.82, 2.24) is 40.2 Å². The fourth-order valence-corrected chi connectivity index (χ4v) is 7.05. The first-order valence-corrected chi connectivity index (χ1v) is 20.0. The van der Waals surface area contributed by atoms with Gasteiger partial charge in [-0.25, -0.2) is 19.8 Å². The molecule has 0 atom stereocenters. The number of nitrogens with one attached hydrogen (secondary N) is 1. The average molecular weight is 820 g/mol. The zero-order valence-electron chi connectivity index (χ0n) is 32.6. The van der Waals surface area contributed by atoms with Crippen LogP contribution >= 0.6 is 23.2 Å². The normalized spacial score (nSPS) is 14.8. The van der Waals surface area contributed by atoms with E-state index in [-0.39, 0.29) is 17.9 Å². The van der Waals surface area contributed by atoms with Crippen molar-refractivity contribution < 1.29 is 19.1 Å². The van der Waals surface area contributed by atoms with E-state index in [2.05, 4.69) is 25.4 Å². The van der Waals surface area contributed by atoms with Crippen molar-refractivity contribution in [3.8, 4) is 22.3 Å². The molecule has 2 aliphatic rings. The molecule has 0 aliphatic carbocycles. The molecule has 298 valence electrons. The molecule has 2 fully saturated rings. The third-order valence-electron chi connectivity index (χ3n) is 9.79. The Morgan fingerprint density at radius 1 is 0.603 bits per heavy atom. The lowest BCUT2D eigenvalue weighted by Crippen LogP contribution is -2.51. The Balaban J connectivity index is 0.000000180. The molecule has 6 heterocycles. The number of fused-ring (bicyclic) bond motifs is 2. The Morgan fingerprint density at radius 3 is 1.60 bits per heavy atom. The minimum absolute atomic E-state index is 0.158. The molecule has 3 amide bonds. The van der Waals surface area contributed by atoms with E-state index in [0.717, 1.165) is 64.5 Å². The maximum atomic E-state index is 13.1. The average Bonchev–Trinajstić information content (AvgIpc) is 3.23. The van der Waals surface area contributed by atoms with E-state index in [4.69, 9.17) is 27.9 Å². The van der Waals surface area contributed by atoms with Crippen LogP contribution in [0, 0.1) is 0 Å². The van der Waals surface area contributed by atoms with Crippen molar-refractivity contribution in [2.75, 3.05) is 39.3 Å². The van der Waals surface area contributed by atoms with Gasteiger partial charge < -0.3 is 14.5 Å². The summed E-state index contributed by atoms with van der Waals surface area (Å²) in [5, 5.41) is 5.05. The third kappa shape index (κ3) is 9.87. The van der Waals surface area contributed by atoms with Crippen molar-refractivity contribution in [2.45, 2.75) is 45.6 Å². The predicted octanol–water partition coefficient (Wildman–Crippen LogP) is 8.72. The van der Waals surface area contributed by atoms with Gasteiger partial charge in [0.15, 0.2) is 0 Å². The zero-order valence-corrected chi connectivity index (χ0v) is 34.1. The van der Waals surface area contributed by atoms with E-state index in [1.807, 2.05) is 86.4 Å². The highest BCUT2D eigenvalue weighted by molar-refractivity contribution is 6.31. The van der Waals surface area contributed by atoms with Crippen LogP contribution in [-0.2, 0) is 4.74 Å². The van der Waals surface area contributed by atoms with Crippen LogP contribution in [0.3, 0.4) is 0 Å². The Morgan fingerprint density at radius 2 is 1.09 bits per heavy atom. The first-order valence-electron chi connectivity index (χ1n) is 19.3. The Bertz CT molecular complexity index is 2430. The summed E-state index contributed by atoms with van der Waals surface area (Å²) in [6.45, 7) is 8.99. The molecule has 1 N–H and O–H groups in total. The van der Waals surface area contributed by atoms with Crippen molar-refractivity contribution >= 4 is 62.9 Å². The molecule has 8 rings (SSSR count). The first kappa shape index (κ1) is 40.5. The summed E-state index contributed by atoms with van der Waals surface area (Å²) in [6.07, 6.45) is 10.1. The van der Waals surface area contributed by atoms with Crippen LogP contribution in [0.15, 0.2) is 97.6 Å². The number of piperidine rings is 1. The van der Waals surface area contributed by atoms with Crippen molar-refractivity contribution in [2.24, 2.45) is 0 Å². The van der Waals surface area contributed by atoms with Gasteiger partial charge in [-0.2, -0.15) is 0 Å². The molecule has 0 unspecified atom stereocenters. The summed E-state index contributed by atoms with van der Waals surface area (Å²) in [4.78, 5) is 59.3. The van der Waals surface area contributed by atoms with Crippen LogP contribution in [-0.4, -0.2) is 97.5 Å². The van der Waals surface area contributed by atoms with E-state index in [9.17, 15) is 14.4 Å². The number of nitrogens with zero attached hydrogens (tertiary/aromatic N) is 7. The predicted molar refractivity (Wildman–Crippen MR) is 227 cm³/mol. The second-order valence-corrected chi connectivity index (χ2v) is 16.0. The van der Waals surface area contributed by atoms with E-state index < -0.39 is 5.60 Å². The standard InChI is InChI=1S/C24H25ClN4O3.C20H19ClN4O/c1-24(2,3)32-23(31)29-12-10-28(11-13-29)22(30)20-9-6-17-14-26-15-19(21(17)27-20)16-4-7-18(25)8-5-16;21-16-7-4-14(5-8-16)17-13-22-12-15-6-9-18(23-19(15)17)20(26)24-25-10-2-1-3-11-25/h4-9,14-15H,10-13H2,1-3H3;4-9,12-13H,1-3,10-11H2,(H,24,26). The van der Waals surface area contributed by atoms with Gasteiger partial charge in [0.1, 0.15) is 17.0 Å². The van der Waals surface area contributed by atoms with Gasteiger partial charge in [0.2, 0.25) is 0 Å². The summed E-state index contributed by atoms with van der Waals surface area (Å²) in [5.74, 6) is -0.331. The number of hydrazine groups is 1. The highest BCUT2D eigenvalue weighted by Gasteiger charge is 2.29. The monoisotopic (exact) mass is 818 g/mol. The van der Waals surface area contributed by atoms with Gasteiger partial charge in [-0.3, -0.25) is 25.0 Å². The third-order valence-corrected chi connectivity index (χ3v) is 10.3. The van der Waals surface area contributed by atoms with Gasteiger partial charge >= 0.3 is 6.09 Å². The number of carbonyl (C=O) groups excluding carboxylic acids is 3. The number of aromatic nitrogens is 4. The molecule has 2 saturated heterocycles. The number of carbonyl (C=O) groups is 3. The number of piperazine rings is 1. The van der Waals surface area contributed by atoms with E-state index >= 15 is 0 Å². The van der Waals surface area contributed by atoms with Gasteiger partial charge in [0.25, 0.3) is 11.8 Å². The van der Waals surface area contributed by atoms with Gasteiger partial charge in [0, 0.05) is 96.0 Å². The van der Waals surface area contributed by atoms with Crippen LogP contribution < -0.4 is 5.43 Å². The van der Waals surface area contributed by atoms with Gasteiger partial charge in [-0.05, 0) is 93.3 Å². The minimum Gasteiger partial charge on any atom is -0.444 e. The molecule has 58 heavy (non-hydrogen) atoms. The number of hydrogen-bond acceptors (Lipinski definition) is 9. The fourth-order valence-electron chi connectivity index (χ4n) is 6.80. The van der Waals surface area contributed by atoms with Crippen LogP contribution in [0.5, 0.6) is 0 Å². The molecule has 14 heteroatoms. The van der Waals surface area contributed by atoms with Crippen LogP contribution in [0.2, 0.25) is 10.0 Å². The summed E-state index contributed by atoms with van der Waals surface area (Å²) >= 11 is 12.0. The summed E-state index contributed by atoms with van der Waals surface area (Å²) in [5.41, 5.74) is 8.27. The lowest BCUT2D eigenvalue weighted by molar-refractivity contribution is 0.0140. The Kier molecular flexibility index (Phi) is 12.5. The SMILES string of the molecule is CC(C)(C)OC(=O)N1CCN(C(=O)c2ccc3cncc(-c4ccc(Cl)cc4)c3n2)CC1.O=C(NN1CCCCC1)c1ccc2cncc(-c3ccc(Cl)cc3)c2n1. The second-order valence-electron chi connectivity index (χ2n) is 15.2. The lowest BCUT2D eigenvalue weighted by atomic mass is 10.0. The number of benzene rings is 2. The largest absolute Gasteiger partial charge is 0.444 e. The number of halogens is 2. The Hall–Kier alpha value is -5.69. The molecule has 4 aromatic heterocycles. The molecule has 0 spiro atoms. The molecule has 0 saturated carbocycles.